The van der Waals surface area contributed by atoms with Crippen molar-refractivity contribution in [3.8, 4) is 0 Å². The quantitative estimate of drug-likeness (QED) is 0.698. The molecule has 0 fully saturated rings. The van der Waals surface area contributed by atoms with Crippen LogP contribution in [0.25, 0.3) is 10.9 Å². The third kappa shape index (κ3) is 2.98. The van der Waals surface area contributed by atoms with Crippen LogP contribution >= 0.6 is 0 Å². The number of hydrogen-bond acceptors (Lipinski definition) is 4. The van der Waals surface area contributed by atoms with Gasteiger partial charge in [0.15, 0.2) is 5.82 Å². The first kappa shape index (κ1) is 13.7. The van der Waals surface area contributed by atoms with E-state index in [1.165, 1.54) is 0 Å². The van der Waals surface area contributed by atoms with Crippen molar-refractivity contribution in [1.82, 2.24) is 15.1 Å². The summed E-state index contributed by atoms with van der Waals surface area (Å²) in [5.74, 6) is 0.876. The number of hydrogen-bond donors (Lipinski definition) is 3. The van der Waals surface area contributed by atoms with Crippen LogP contribution in [0.1, 0.15) is 20.8 Å². The summed E-state index contributed by atoms with van der Waals surface area (Å²) in [6, 6.07) is 6.26. The van der Waals surface area contributed by atoms with Crippen LogP contribution in [0, 0.1) is 0 Å². The molecule has 0 aliphatic heterocycles. The van der Waals surface area contributed by atoms with E-state index in [0.717, 1.165) is 42.0 Å². The van der Waals surface area contributed by atoms with E-state index in [4.69, 9.17) is 5.73 Å². The van der Waals surface area contributed by atoms with Gasteiger partial charge < -0.3 is 11.1 Å². The molecule has 0 saturated heterocycles. The van der Waals surface area contributed by atoms with Gasteiger partial charge in [-0.3, -0.25) is 10.00 Å². The monoisotopic (exact) mass is 261 g/mol. The van der Waals surface area contributed by atoms with Crippen molar-refractivity contribution in [2.24, 2.45) is 0 Å². The molecule has 0 bridgehead atoms. The lowest BCUT2D eigenvalue weighted by molar-refractivity contribution is 0.240. The minimum absolute atomic E-state index is 0.475. The number of nitrogens with two attached hydrogens (primary N) is 1. The number of anilines is 2. The zero-order chi connectivity index (χ0) is 13.8. The largest absolute Gasteiger partial charge is 0.399 e. The molecule has 1 heterocycles. The van der Waals surface area contributed by atoms with E-state index >= 15 is 0 Å². The van der Waals surface area contributed by atoms with Gasteiger partial charge in [-0.1, -0.05) is 13.8 Å². The Hall–Kier alpha value is -1.75. The summed E-state index contributed by atoms with van der Waals surface area (Å²) in [5, 5.41) is 11.8. The molecule has 0 aliphatic carbocycles. The summed E-state index contributed by atoms with van der Waals surface area (Å²) in [6.07, 6.45) is 0. The molecule has 0 radical (unpaired) electrons. The molecule has 0 saturated carbocycles. The zero-order valence-electron chi connectivity index (χ0n) is 11.9. The van der Waals surface area contributed by atoms with E-state index < -0.39 is 0 Å². The first-order chi connectivity index (χ1) is 9.15. The van der Waals surface area contributed by atoms with Gasteiger partial charge in [0, 0.05) is 23.7 Å². The van der Waals surface area contributed by atoms with Gasteiger partial charge >= 0.3 is 0 Å². The minimum atomic E-state index is 0.475. The van der Waals surface area contributed by atoms with Gasteiger partial charge in [0.1, 0.15) is 0 Å². The number of rotatable bonds is 6. The molecule has 104 valence electrons. The highest BCUT2D eigenvalue weighted by molar-refractivity contribution is 5.91. The van der Waals surface area contributed by atoms with Gasteiger partial charge in [0.25, 0.3) is 0 Å². The number of likely N-dealkylation sites (N-methyl/N-ethyl adjacent to an activating group) is 1. The van der Waals surface area contributed by atoms with Crippen LogP contribution in [0.3, 0.4) is 0 Å². The van der Waals surface area contributed by atoms with Gasteiger partial charge in [0.05, 0.1) is 5.52 Å². The van der Waals surface area contributed by atoms with E-state index in [0.29, 0.717) is 6.04 Å². The predicted octanol–water partition coefficient (Wildman–Crippen LogP) is 2.29. The first-order valence-corrected chi connectivity index (χ1v) is 6.87. The number of nitrogen functional groups attached to an aromatic ring is 1. The second-order valence-corrected chi connectivity index (χ2v) is 4.83. The molecule has 0 spiro atoms. The normalized spacial score (nSPS) is 13.1. The predicted molar refractivity (Wildman–Crippen MR) is 81.4 cm³/mol. The van der Waals surface area contributed by atoms with Crippen LogP contribution in [-0.2, 0) is 0 Å². The summed E-state index contributed by atoms with van der Waals surface area (Å²) in [6.45, 7) is 9.59. The number of nitrogens with zero attached hydrogens (tertiary/aromatic N) is 2. The van der Waals surface area contributed by atoms with Crippen LogP contribution in [0.4, 0.5) is 11.5 Å². The molecule has 0 amide bonds. The average Bonchev–Trinajstić information content (AvgIpc) is 2.80. The number of aromatic amines is 1. The summed E-state index contributed by atoms with van der Waals surface area (Å²) in [5.41, 5.74) is 7.59. The molecule has 4 N–H and O–H groups in total. The molecular weight excluding hydrogens is 238 g/mol. The van der Waals surface area contributed by atoms with Crippen molar-refractivity contribution in [2.45, 2.75) is 26.8 Å². The van der Waals surface area contributed by atoms with Crippen molar-refractivity contribution < 1.29 is 0 Å². The molecule has 5 nitrogen and oxygen atoms in total. The number of nitrogens with one attached hydrogen (secondary N) is 2. The smallest absolute Gasteiger partial charge is 0.155 e. The van der Waals surface area contributed by atoms with Gasteiger partial charge in [0.2, 0.25) is 0 Å². The maximum absolute atomic E-state index is 5.82. The molecular formula is C14H23N5. The molecule has 2 aromatic rings. The average molecular weight is 261 g/mol. The zero-order valence-corrected chi connectivity index (χ0v) is 11.9. The molecule has 0 aliphatic rings. The van der Waals surface area contributed by atoms with E-state index in [-0.39, 0.29) is 0 Å². The second kappa shape index (κ2) is 5.93. The highest BCUT2D eigenvalue weighted by Crippen LogP contribution is 2.22. The van der Waals surface area contributed by atoms with E-state index in [1.807, 2.05) is 18.2 Å². The molecule has 1 aromatic heterocycles. The second-order valence-electron chi connectivity index (χ2n) is 4.83. The third-order valence-corrected chi connectivity index (χ3v) is 3.59. The van der Waals surface area contributed by atoms with Crippen LogP contribution in [0.2, 0.25) is 0 Å². The molecule has 2 rings (SSSR count). The number of fused-ring (bicyclic) bond motifs is 1. The minimum Gasteiger partial charge on any atom is -0.399 e. The Morgan fingerprint density at radius 2 is 2.11 bits per heavy atom. The highest BCUT2D eigenvalue weighted by atomic mass is 15.2. The topological polar surface area (TPSA) is 70.0 Å². The molecule has 19 heavy (non-hydrogen) atoms. The summed E-state index contributed by atoms with van der Waals surface area (Å²) in [4.78, 5) is 2.41. The van der Waals surface area contributed by atoms with Crippen molar-refractivity contribution in [1.29, 1.82) is 0 Å². The van der Waals surface area contributed by atoms with E-state index in [9.17, 15) is 0 Å². The maximum Gasteiger partial charge on any atom is 0.155 e. The number of aromatic nitrogens is 2. The molecule has 1 unspecified atom stereocenters. The Bertz CT molecular complexity index is 530. The van der Waals surface area contributed by atoms with Crippen molar-refractivity contribution in [3.05, 3.63) is 18.2 Å². The fourth-order valence-electron chi connectivity index (χ4n) is 2.39. The number of H-pyrrole nitrogens is 1. The van der Waals surface area contributed by atoms with Crippen molar-refractivity contribution in [3.63, 3.8) is 0 Å². The standard InChI is InChI=1S/C14H23N5/c1-4-19(5-2)10(3)9-16-14-12-8-11(15)6-7-13(12)17-18-14/h6-8,10H,4-5,9,15H2,1-3H3,(H2,16,17,18). The Labute approximate surface area is 114 Å². The van der Waals surface area contributed by atoms with E-state index in [1.54, 1.807) is 0 Å². The van der Waals surface area contributed by atoms with Crippen molar-refractivity contribution in [2.75, 3.05) is 30.7 Å². The Balaban J connectivity index is 2.07. The third-order valence-electron chi connectivity index (χ3n) is 3.59. The Morgan fingerprint density at radius 3 is 2.79 bits per heavy atom. The van der Waals surface area contributed by atoms with Gasteiger partial charge in [-0.15, -0.1) is 0 Å². The molecule has 5 heteroatoms. The van der Waals surface area contributed by atoms with Crippen LogP contribution in [-0.4, -0.2) is 40.8 Å². The van der Waals surface area contributed by atoms with Crippen LogP contribution < -0.4 is 11.1 Å². The summed E-state index contributed by atoms with van der Waals surface area (Å²) >= 11 is 0. The molecule has 1 atom stereocenters. The van der Waals surface area contributed by atoms with Gasteiger partial charge in [-0.25, -0.2) is 0 Å². The Morgan fingerprint density at radius 1 is 1.37 bits per heavy atom. The lowest BCUT2D eigenvalue weighted by Crippen LogP contribution is -2.37. The van der Waals surface area contributed by atoms with Gasteiger partial charge in [-0.2, -0.15) is 5.10 Å². The van der Waals surface area contributed by atoms with Gasteiger partial charge in [-0.05, 0) is 38.2 Å². The first-order valence-electron chi connectivity index (χ1n) is 6.87. The lowest BCUT2D eigenvalue weighted by Gasteiger charge is -2.26. The fraction of sp³-hybridized carbons (Fsp3) is 0.500. The number of benzene rings is 1. The SMILES string of the molecule is CCN(CC)C(C)CNc1n[nH]c2ccc(N)cc12. The van der Waals surface area contributed by atoms with Crippen LogP contribution in [0.5, 0.6) is 0 Å². The fourth-order valence-corrected chi connectivity index (χ4v) is 2.39. The Kier molecular flexibility index (Phi) is 4.27. The van der Waals surface area contributed by atoms with Crippen molar-refractivity contribution >= 4 is 22.4 Å². The summed E-state index contributed by atoms with van der Waals surface area (Å²) < 4.78 is 0. The maximum atomic E-state index is 5.82. The lowest BCUT2D eigenvalue weighted by atomic mass is 10.2. The summed E-state index contributed by atoms with van der Waals surface area (Å²) in [7, 11) is 0. The van der Waals surface area contributed by atoms with Crippen LogP contribution in [0.15, 0.2) is 18.2 Å². The van der Waals surface area contributed by atoms with E-state index in [2.05, 4.69) is 41.2 Å². The molecule has 1 aromatic carbocycles. The highest BCUT2D eigenvalue weighted by Gasteiger charge is 2.11.